The first-order valence-electron chi connectivity index (χ1n) is 9.62. The zero-order valence-electron chi connectivity index (χ0n) is 15.8. The summed E-state index contributed by atoms with van der Waals surface area (Å²) in [5.74, 6) is 7.27. The number of anilines is 1. The molecule has 2 heterocycles. The van der Waals surface area contributed by atoms with Gasteiger partial charge in [-0.05, 0) is 57.1 Å². The van der Waals surface area contributed by atoms with Crippen LogP contribution in [0.3, 0.4) is 0 Å². The molecule has 1 amide bonds. The normalized spacial score (nSPS) is 25.3. The second-order valence-corrected chi connectivity index (χ2v) is 8.86. The highest BCUT2D eigenvalue weighted by Gasteiger charge is 2.43. The van der Waals surface area contributed by atoms with Gasteiger partial charge in [-0.1, -0.05) is 35.7 Å². The molecule has 1 aromatic rings. The Hall–Kier alpha value is -1.43. The third kappa shape index (κ3) is 3.00. The summed E-state index contributed by atoms with van der Waals surface area (Å²) in [5.41, 5.74) is 1.79. The van der Waals surface area contributed by atoms with E-state index in [1.165, 1.54) is 32.1 Å². The first-order valence-corrected chi connectivity index (χ1v) is 10.4. The van der Waals surface area contributed by atoms with E-state index in [-0.39, 0.29) is 12.1 Å². The van der Waals surface area contributed by atoms with Crippen molar-refractivity contribution in [2.75, 3.05) is 18.0 Å². The lowest BCUT2D eigenvalue weighted by Gasteiger charge is -2.52. The number of nitrogens with two attached hydrogens (primary N) is 1. The van der Waals surface area contributed by atoms with Crippen LogP contribution in [-0.2, 0) is 4.79 Å². The van der Waals surface area contributed by atoms with Crippen LogP contribution >= 0.6 is 23.2 Å². The fourth-order valence-electron chi connectivity index (χ4n) is 4.70. The first kappa shape index (κ1) is 18.9. The van der Waals surface area contributed by atoms with E-state index in [2.05, 4.69) is 4.90 Å². The Balaban J connectivity index is 1.64. The van der Waals surface area contributed by atoms with Crippen molar-refractivity contribution in [3.8, 4) is 0 Å². The number of carbonyl (C=O) groups excluding carboxylic acids is 1. The molecule has 2 fully saturated rings. The molecule has 2 aliphatic heterocycles. The molecule has 1 aromatic carbocycles. The Bertz CT molecular complexity index is 795. The molecular weight excluding hydrogens is 383 g/mol. The van der Waals surface area contributed by atoms with Crippen molar-refractivity contribution in [1.82, 2.24) is 9.91 Å². The second kappa shape index (κ2) is 6.87. The highest BCUT2D eigenvalue weighted by Crippen LogP contribution is 2.49. The molecule has 1 saturated heterocycles. The zero-order chi connectivity index (χ0) is 19.3. The van der Waals surface area contributed by atoms with Crippen molar-refractivity contribution in [2.24, 2.45) is 11.3 Å². The number of amides is 1. The van der Waals surface area contributed by atoms with Crippen molar-refractivity contribution in [3.63, 3.8) is 0 Å². The van der Waals surface area contributed by atoms with Crippen molar-refractivity contribution in [1.29, 1.82) is 0 Å². The highest BCUT2D eigenvalue weighted by atomic mass is 35.5. The Morgan fingerprint density at radius 3 is 2.41 bits per heavy atom. The maximum Gasteiger partial charge on any atom is 0.259 e. The van der Waals surface area contributed by atoms with Crippen molar-refractivity contribution < 1.29 is 4.79 Å². The molecule has 1 saturated carbocycles. The Morgan fingerprint density at radius 2 is 1.81 bits per heavy atom. The summed E-state index contributed by atoms with van der Waals surface area (Å²) in [6.45, 7) is 5.68. The Labute approximate surface area is 170 Å². The summed E-state index contributed by atoms with van der Waals surface area (Å²) < 4.78 is 0. The van der Waals surface area contributed by atoms with Gasteiger partial charge in [0.1, 0.15) is 12.0 Å². The zero-order valence-corrected chi connectivity index (χ0v) is 17.4. The molecule has 1 spiro atoms. The molecule has 146 valence electrons. The van der Waals surface area contributed by atoms with Gasteiger partial charge in [0.15, 0.2) is 0 Å². The Kier molecular flexibility index (Phi) is 4.81. The molecular formula is C20H26Cl2N4O. The minimum absolute atomic E-state index is 0.0766. The van der Waals surface area contributed by atoms with Crippen molar-refractivity contribution in [2.45, 2.75) is 52.1 Å². The second-order valence-electron chi connectivity index (χ2n) is 8.08. The van der Waals surface area contributed by atoms with E-state index < -0.39 is 0 Å². The summed E-state index contributed by atoms with van der Waals surface area (Å²) in [5, 5.41) is 2.49. The summed E-state index contributed by atoms with van der Waals surface area (Å²) in [6.07, 6.45) is 6.07. The average molecular weight is 409 g/mol. The van der Waals surface area contributed by atoms with E-state index >= 15 is 0 Å². The van der Waals surface area contributed by atoms with Gasteiger partial charge in [0.05, 0.1) is 21.3 Å². The maximum atomic E-state index is 13.3. The van der Waals surface area contributed by atoms with E-state index in [0.717, 1.165) is 18.9 Å². The third-order valence-corrected chi connectivity index (χ3v) is 7.43. The molecule has 0 radical (unpaired) electrons. The van der Waals surface area contributed by atoms with Gasteiger partial charge in [-0.2, -0.15) is 0 Å². The van der Waals surface area contributed by atoms with Crippen LogP contribution in [0.25, 0.3) is 0 Å². The molecule has 1 aliphatic carbocycles. The van der Waals surface area contributed by atoms with Gasteiger partial charge in [0.25, 0.3) is 5.91 Å². The lowest BCUT2D eigenvalue weighted by molar-refractivity contribution is -0.117. The molecule has 27 heavy (non-hydrogen) atoms. The minimum Gasteiger partial charge on any atom is -0.357 e. The SMILES string of the molecule is CC1=C(N2CCC3(CCC3)CC2)N(N)C(C)N(c2cccc(Cl)c2Cl)C1=O. The van der Waals surface area contributed by atoms with Crippen LogP contribution in [0.2, 0.25) is 10.0 Å². The largest absolute Gasteiger partial charge is 0.357 e. The fourth-order valence-corrected chi connectivity index (χ4v) is 5.09. The van der Waals surface area contributed by atoms with E-state index in [4.69, 9.17) is 29.0 Å². The highest BCUT2D eigenvalue weighted by molar-refractivity contribution is 6.44. The molecule has 7 heteroatoms. The van der Waals surface area contributed by atoms with E-state index in [9.17, 15) is 4.79 Å². The number of piperidine rings is 1. The summed E-state index contributed by atoms with van der Waals surface area (Å²) in [7, 11) is 0. The van der Waals surface area contributed by atoms with Gasteiger partial charge in [0.2, 0.25) is 0 Å². The smallest absolute Gasteiger partial charge is 0.259 e. The number of hydrogen-bond acceptors (Lipinski definition) is 4. The van der Waals surface area contributed by atoms with Gasteiger partial charge >= 0.3 is 0 Å². The molecule has 0 aromatic heterocycles. The molecule has 3 aliphatic rings. The number of halogens is 2. The first-order chi connectivity index (χ1) is 12.8. The van der Waals surface area contributed by atoms with Crippen LogP contribution in [0, 0.1) is 5.41 Å². The molecule has 1 atom stereocenters. The van der Waals surface area contributed by atoms with Gasteiger partial charge in [0, 0.05) is 13.1 Å². The van der Waals surface area contributed by atoms with E-state index in [1.807, 2.05) is 13.8 Å². The number of benzene rings is 1. The topological polar surface area (TPSA) is 52.8 Å². The van der Waals surface area contributed by atoms with Crippen LogP contribution in [-0.4, -0.2) is 35.1 Å². The van der Waals surface area contributed by atoms with Crippen LogP contribution < -0.4 is 10.7 Å². The maximum absolute atomic E-state index is 13.3. The van der Waals surface area contributed by atoms with Crippen LogP contribution in [0.15, 0.2) is 29.6 Å². The van der Waals surface area contributed by atoms with Crippen LogP contribution in [0.4, 0.5) is 5.69 Å². The van der Waals surface area contributed by atoms with E-state index in [0.29, 0.717) is 26.7 Å². The number of nitrogens with zero attached hydrogens (tertiary/aromatic N) is 3. The summed E-state index contributed by atoms with van der Waals surface area (Å²) in [4.78, 5) is 17.2. The van der Waals surface area contributed by atoms with Gasteiger partial charge in [-0.3, -0.25) is 14.7 Å². The third-order valence-electron chi connectivity index (χ3n) is 6.62. The number of likely N-dealkylation sites (tertiary alicyclic amines) is 1. The van der Waals surface area contributed by atoms with Crippen molar-refractivity contribution in [3.05, 3.63) is 39.6 Å². The Morgan fingerprint density at radius 1 is 1.15 bits per heavy atom. The standard InChI is InChI=1S/C20H26Cl2N4O/c1-13-18(24-11-9-20(10-12-24)7-4-8-20)26(23)14(2)25(19(13)27)16-6-3-5-15(21)17(16)22/h3,5-6,14H,4,7-12,23H2,1-2H3. The van der Waals surface area contributed by atoms with E-state index in [1.54, 1.807) is 28.1 Å². The monoisotopic (exact) mass is 408 g/mol. The minimum atomic E-state index is -0.355. The number of carbonyl (C=O) groups is 1. The fraction of sp³-hybridized carbons (Fsp3) is 0.550. The van der Waals surface area contributed by atoms with Gasteiger partial charge in [-0.25, -0.2) is 5.84 Å². The molecule has 2 N–H and O–H groups in total. The van der Waals surface area contributed by atoms with Crippen LogP contribution in [0.5, 0.6) is 0 Å². The number of rotatable bonds is 2. The van der Waals surface area contributed by atoms with Crippen molar-refractivity contribution >= 4 is 34.8 Å². The number of hydrogen-bond donors (Lipinski definition) is 1. The predicted octanol–water partition coefficient (Wildman–Crippen LogP) is 4.36. The summed E-state index contributed by atoms with van der Waals surface area (Å²) >= 11 is 12.5. The number of hydrazine groups is 1. The van der Waals surface area contributed by atoms with Crippen LogP contribution in [0.1, 0.15) is 46.0 Å². The molecule has 5 nitrogen and oxygen atoms in total. The average Bonchev–Trinajstić information content (AvgIpc) is 2.63. The molecule has 1 unspecified atom stereocenters. The molecule has 4 rings (SSSR count). The van der Waals surface area contributed by atoms with Gasteiger partial charge < -0.3 is 4.90 Å². The predicted molar refractivity (Wildman–Crippen MR) is 109 cm³/mol. The van der Waals surface area contributed by atoms with Gasteiger partial charge in [-0.15, -0.1) is 0 Å². The lowest BCUT2D eigenvalue weighted by Crippen LogP contribution is -2.60. The quantitative estimate of drug-likeness (QED) is 0.738. The lowest BCUT2D eigenvalue weighted by atomic mass is 9.63. The summed E-state index contributed by atoms with van der Waals surface area (Å²) in [6, 6.07) is 5.31. The molecule has 0 bridgehead atoms.